The van der Waals surface area contributed by atoms with E-state index in [0.29, 0.717) is 20.4 Å². The van der Waals surface area contributed by atoms with Gasteiger partial charge in [-0.2, -0.15) is 0 Å². The summed E-state index contributed by atoms with van der Waals surface area (Å²) in [5, 5.41) is 3.05. The van der Waals surface area contributed by atoms with E-state index in [1.807, 2.05) is 0 Å². The van der Waals surface area contributed by atoms with E-state index in [2.05, 4.69) is 63.1 Å². The number of ether oxygens (including phenoxy) is 1. The van der Waals surface area contributed by atoms with Gasteiger partial charge in [0.05, 0.1) is 27.5 Å². The Hall–Kier alpha value is -1.04. The Morgan fingerprint density at radius 1 is 1.38 bits per heavy atom. The Balaban J connectivity index is 2.11. The van der Waals surface area contributed by atoms with Gasteiger partial charge < -0.3 is 20.8 Å². The van der Waals surface area contributed by atoms with Gasteiger partial charge in [-0.15, -0.1) is 0 Å². The first kappa shape index (κ1) is 19.3. The van der Waals surface area contributed by atoms with Crippen molar-refractivity contribution in [1.82, 2.24) is 9.97 Å². The number of carbonyl (C=O) groups is 1. The molecule has 7 nitrogen and oxygen atoms in total. The molecule has 0 saturated carbocycles. The molecule has 0 unspecified atom stereocenters. The topological polar surface area (TPSA) is 110 Å². The molecule has 0 radical (unpaired) electrons. The quantitative estimate of drug-likeness (QED) is 0.395. The molecule has 1 heterocycles. The third-order valence-corrected chi connectivity index (χ3v) is 5.52. The molecule has 2 aromatic rings. The number of amides is 1. The van der Waals surface area contributed by atoms with Gasteiger partial charge in [-0.1, -0.05) is 11.8 Å². The maximum Gasteiger partial charge on any atom is 0.253 e. The summed E-state index contributed by atoms with van der Waals surface area (Å²) in [6.07, 6.45) is 0. The number of aromatic amines is 1. The average Bonchev–Trinajstić information content (AvgIpc) is 2.49. The van der Waals surface area contributed by atoms with E-state index in [-0.39, 0.29) is 28.2 Å². The molecular weight excluding hydrogens is 532 g/mol. The zero-order chi connectivity index (χ0) is 17.9. The Labute approximate surface area is 166 Å². The second kappa shape index (κ2) is 8.37. The number of anilines is 2. The van der Waals surface area contributed by atoms with Crippen LogP contribution in [0.25, 0.3) is 0 Å². The molecule has 0 atom stereocenters. The third kappa shape index (κ3) is 4.74. The van der Waals surface area contributed by atoms with Gasteiger partial charge in [0, 0.05) is 10.5 Å². The summed E-state index contributed by atoms with van der Waals surface area (Å²) in [4.78, 5) is 29.9. The number of rotatable bonds is 5. The van der Waals surface area contributed by atoms with Crippen molar-refractivity contribution in [2.24, 2.45) is 0 Å². The summed E-state index contributed by atoms with van der Waals surface area (Å²) >= 11 is 11.2. The molecule has 24 heavy (non-hydrogen) atoms. The lowest BCUT2D eigenvalue weighted by Gasteiger charge is -2.14. The van der Waals surface area contributed by atoms with E-state index in [1.165, 1.54) is 13.2 Å². The lowest BCUT2D eigenvalue weighted by Crippen LogP contribution is -2.16. The maximum absolute atomic E-state index is 12.2. The van der Waals surface area contributed by atoms with Gasteiger partial charge in [-0.3, -0.25) is 9.59 Å². The number of nitrogens with two attached hydrogens (primary N) is 1. The molecular formula is C13H11Br3N4O3S. The lowest BCUT2D eigenvalue weighted by molar-refractivity contribution is -0.113. The zero-order valence-corrected chi connectivity index (χ0v) is 17.7. The van der Waals surface area contributed by atoms with E-state index in [9.17, 15) is 9.59 Å². The minimum Gasteiger partial charge on any atom is -0.494 e. The maximum atomic E-state index is 12.2. The highest BCUT2D eigenvalue weighted by atomic mass is 79.9. The Morgan fingerprint density at radius 3 is 2.71 bits per heavy atom. The van der Waals surface area contributed by atoms with Crippen molar-refractivity contribution in [3.05, 3.63) is 35.9 Å². The number of hydrogen-bond acceptors (Lipinski definition) is 6. The lowest BCUT2D eigenvalue weighted by atomic mass is 10.3. The average molecular weight is 543 g/mol. The number of H-pyrrole nitrogens is 1. The molecule has 1 amide bonds. The molecule has 0 aliphatic rings. The number of nitrogens with zero attached hydrogens (tertiary/aromatic N) is 1. The van der Waals surface area contributed by atoms with Crippen molar-refractivity contribution in [3.8, 4) is 5.75 Å². The standard InChI is InChI=1S/C13H11Br3N4O3S/c1-23-12-6(15)2-5(14)11(10(12)16)19-9(22)4-24-13-18-7(17)3-8(21)20-13/h2-3H,4H2,1H3,(H,19,22)(H3,17,18,20,21). The number of benzene rings is 1. The van der Waals surface area contributed by atoms with Gasteiger partial charge in [0.15, 0.2) is 5.16 Å². The molecule has 0 spiro atoms. The molecule has 0 saturated heterocycles. The van der Waals surface area contributed by atoms with Gasteiger partial charge in [-0.25, -0.2) is 4.98 Å². The van der Waals surface area contributed by atoms with Gasteiger partial charge in [0.2, 0.25) is 5.91 Å². The largest absolute Gasteiger partial charge is 0.494 e. The predicted molar refractivity (Wildman–Crippen MR) is 105 cm³/mol. The van der Waals surface area contributed by atoms with Crippen LogP contribution in [0, 0.1) is 0 Å². The molecule has 4 N–H and O–H groups in total. The van der Waals surface area contributed by atoms with Crippen molar-refractivity contribution in [2.45, 2.75) is 5.16 Å². The summed E-state index contributed by atoms with van der Waals surface area (Å²) in [5.74, 6) is 0.424. The second-order valence-electron chi connectivity index (χ2n) is 4.37. The SMILES string of the molecule is COc1c(Br)cc(Br)c(NC(=O)CSc2nc(N)cc(=O)[nH]2)c1Br. The van der Waals surface area contributed by atoms with Gasteiger partial charge in [-0.05, 0) is 53.9 Å². The van der Waals surface area contributed by atoms with Crippen LogP contribution in [-0.4, -0.2) is 28.7 Å². The molecule has 0 aliphatic carbocycles. The fraction of sp³-hybridized carbons (Fsp3) is 0.154. The van der Waals surface area contributed by atoms with E-state index in [1.54, 1.807) is 6.07 Å². The fourth-order valence-corrected chi connectivity index (χ4v) is 5.03. The second-order valence-corrected chi connectivity index (χ2v) is 7.84. The van der Waals surface area contributed by atoms with E-state index < -0.39 is 0 Å². The highest BCUT2D eigenvalue weighted by molar-refractivity contribution is 9.11. The van der Waals surface area contributed by atoms with Crippen molar-refractivity contribution in [2.75, 3.05) is 23.9 Å². The molecule has 0 fully saturated rings. The number of nitrogens with one attached hydrogen (secondary N) is 2. The monoisotopic (exact) mass is 540 g/mol. The van der Waals surface area contributed by atoms with Crippen molar-refractivity contribution >= 4 is 77.0 Å². The molecule has 11 heteroatoms. The predicted octanol–water partition coefficient (Wildman–Crippen LogP) is 3.38. The highest BCUT2D eigenvalue weighted by Crippen LogP contribution is 2.43. The first-order valence-electron chi connectivity index (χ1n) is 6.32. The molecule has 1 aromatic carbocycles. The molecule has 128 valence electrons. The molecule has 0 aliphatic heterocycles. The van der Waals surface area contributed by atoms with Crippen LogP contribution < -0.4 is 21.3 Å². The van der Waals surface area contributed by atoms with E-state index in [4.69, 9.17) is 10.5 Å². The third-order valence-electron chi connectivity index (χ3n) is 2.68. The van der Waals surface area contributed by atoms with Gasteiger partial charge in [0.25, 0.3) is 5.56 Å². The normalized spacial score (nSPS) is 10.5. The molecule has 0 bridgehead atoms. The van der Waals surface area contributed by atoms with E-state index >= 15 is 0 Å². The van der Waals surface area contributed by atoms with Crippen molar-refractivity contribution in [3.63, 3.8) is 0 Å². The molecule has 2 rings (SSSR count). The van der Waals surface area contributed by atoms with Crippen LogP contribution in [-0.2, 0) is 4.79 Å². The number of methoxy groups -OCH3 is 1. The number of hydrogen-bond donors (Lipinski definition) is 3. The zero-order valence-electron chi connectivity index (χ0n) is 12.2. The minimum absolute atomic E-state index is 0.0453. The van der Waals surface area contributed by atoms with Crippen LogP contribution in [0.4, 0.5) is 11.5 Å². The molecule has 1 aromatic heterocycles. The Morgan fingerprint density at radius 2 is 2.08 bits per heavy atom. The minimum atomic E-state index is -0.367. The Bertz CT molecular complexity index is 844. The summed E-state index contributed by atoms with van der Waals surface area (Å²) in [6.45, 7) is 0. The van der Waals surface area contributed by atoms with Crippen LogP contribution in [0.1, 0.15) is 0 Å². The first-order chi connectivity index (χ1) is 11.3. The van der Waals surface area contributed by atoms with Crippen LogP contribution in [0.5, 0.6) is 5.75 Å². The van der Waals surface area contributed by atoms with Crippen molar-refractivity contribution in [1.29, 1.82) is 0 Å². The van der Waals surface area contributed by atoms with Crippen molar-refractivity contribution < 1.29 is 9.53 Å². The summed E-state index contributed by atoms with van der Waals surface area (Å²) in [5.41, 5.74) is 5.67. The van der Waals surface area contributed by atoms with E-state index in [0.717, 1.165) is 16.2 Å². The number of thioether (sulfide) groups is 1. The fourth-order valence-electron chi connectivity index (χ4n) is 1.70. The Kier molecular flexibility index (Phi) is 6.72. The van der Waals surface area contributed by atoms with Crippen LogP contribution in [0.15, 0.2) is 35.5 Å². The smallest absolute Gasteiger partial charge is 0.253 e. The number of nitrogen functional groups attached to an aromatic ring is 1. The van der Waals surface area contributed by atoms with Crippen LogP contribution in [0.2, 0.25) is 0 Å². The van der Waals surface area contributed by atoms with Crippen LogP contribution >= 0.6 is 59.6 Å². The van der Waals surface area contributed by atoms with Gasteiger partial charge in [0.1, 0.15) is 11.6 Å². The number of halogens is 3. The summed E-state index contributed by atoms with van der Waals surface area (Å²) < 4.78 is 7.28. The summed E-state index contributed by atoms with van der Waals surface area (Å²) in [7, 11) is 1.53. The number of aromatic nitrogens is 2. The first-order valence-corrected chi connectivity index (χ1v) is 9.69. The number of carbonyl (C=O) groups excluding carboxylic acids is 1. The highest BCUT2D eigenvalue weighted by Gasteiger charge is 2.17. The van der Waals surface area contributed by atoms with Gasteiger partial charge >= 0.3 is 0 Å². The van der Waals surface area contributed by atoms with Crippen LogP contribution in [0.3, 0.4) is 0 Å². The summed E-state index contributed by atoms with van der Waals surface area (Å²) in [6, 6.07) is 2.94.